The van der Waals surface area contributed by atoms with Gasteiger partial charge in [-0.2, -0.15) is 0 Å². The number of urea groups is 1. The van der Waals surface area contributed by atoms with Gasteiger partial charge in [0.15, 0.2) is 6.10 Å². The standard InChI is InChI=1S/C14H25N3O4/c1-16(11-4-2-3-5-11)7-6-15-14(20)17-8-9-21-12(10-17)13(18)19/h11-12H,2-10H2,1H3,(H,15,20)(H,18,19). The molecule has 1 heterocycles. The Morgan fingerprint density at radius 1 is 1.38 bits per heavy atom. The van der Waals surface area contributed by atoms with Gasteiger partial charge in [-0.3, -0.25) is 0 Å². The van der Waals surface area contributed by atoms with E-state index in [9.17, 15) is 9.59 Å². The molecule has 0 aromatic rings. The molecule has 1 saturated heterocycles. The van der Waals surface area contributed by atoms with Crippen molar-refractivity contribution in [1.82, 2.24) is 15.1 Å². The second-order valence-electron chi connectivity index (χ2n) is 5.79. The van der Waals surface area contributed by atoms with Gasteiger partial charge < -0.3 is 25.0 Å². The van der Waals surface area contributed by atoms with E-state index in [4.69, 9.17) is 9.84 Å². The maximum absolute atomic E-state index is 12.0. The Bertz CT molecular complexity index is 371. The number of hydrogen-bond acceptors (Lipinski definition) is 4. The van der Waals surface area contributed by atoms with Crippen LogP contribution in [0.1, 0.15) is 25.7 Å². The number of nitrogens with one attached hydrogen (secondary N) is 1. The van der Waals surface area contributed by atoms with Gasteiger partial charge in [0.05, 0.1) is 13.2 Å². The van der Waals surface area contributed by atoms with Crippen molar-refractivity contribution < 1.29 is 19.4 Å². The molecule has 1 atom stereocenters. The van der Waals surface area contributed by atoms with E-state index in [-0.39, 0.29) is 19.2 Å². The molecule has 2 N–H and O–H groups in total. The summed E-state index contributed by atoms with van der Waals surface area (Å²) in [6.07, 6.45) is 4.17. The quantitative estimate of drug-likeness (QED) is 0.766. The van der Waals surface area contributed by atoms with Crippen LogP contribution in [-0.4, -0.2) is 78.9 Å². The van der Waals surface area contributed by atoms with Crippen molar-refractivity contribution in [3.8, 4) is 0 Å². The first-order valence-electron chi connectivity index (χ1n) is 7.65. The van der Waals surface area contributed by atoms with Crippen LogP contribution in [0.15, 0.2) is 0 Å². The minimum atomic E-state index is -1.02. The third kappa shape index (κ3) is 4.57. The second kappa shape index (κ2) is 7.61. The van der Waals surface area contributed by atoms with E-state index in [1.807, 2.05) is 0 Å². The Balaban J connectivity index is 1.67. The molecule has 1 aliphatic carbocycles. The first kappa shape index (κ1) is 16.0. The Morgan fingerprint density at radius 3 is 2.76 bits per heavy atom. The molecular formula is C14H25N3O4. The van der Waals surface area contributed by atoms with Crippen molar-refractivity contribution in [1.29, 1.82) is 0 Å². The molecule has 1 unspecified atom stereocenters. The molecule has 7 heteroatoms. The summed E-state index contributed by atoms with van der Waals surface area (Å²) in [5.74, 6) is -1.02. The number of amides is 2. The van der Waals surface area contributed by atoms with Gasteiger partial charge in [-0.25, -0.2) is 9.59 Å². The summed E-state index contributed by atoms with van der Waals surface area (Å²) in [6, 6.07) is 0.436. The molecule has 0 aromatic heterocycles. The predicted molar refractivity (Wildman–Crippen MR) is 77.2 cm³/mol. The number of hydrogen-bond donors (Lipinski definition) is 2. The number of aliphatic carboxylic acids is 1. The van der Waals surface area contributed by atoms with Gasteiger partial charge in [-0.05, 0) is 19.9 Å². The molecule has 0 radical (unpaired) electrons. The van der Waals surface area contributed by atoms with E-state index in [0.29, 0.717) is 19.1 Å². The number of carbonyl (C=O) groups is 2. The van der Waals surface area contributed by atoms with Gasteiger partial charge in [0.25, 0.3) is 0 Å². The number of morpholine rings is 1. The number of carbonyl (C=O) groups excluding carboxylic acids is 1. The Kier molecular flexibility index (Phi) is 5.81. The predicted octanol–water partition coefficient (Wildman–Crippen LogP) is 0.356. The fourth-order valence-electron chi connectivity index (χ4n) is 2.96. The monoisotopic (exact) mass is 299 g/mol. The lowest BCUT2D eigenvalue weighted by Gasteiger charge is -2.31. The third-order valence-electron chi connectivity index (χ3n) is 4.32. The highest BCUT2D eigenvalue weighted by atomic mass is 16.5. The summed E-state index contributed by atoms with van der Waals surface area (Å²) in [6.45, 7) is 2.23. The maximum Gasteiger partial charge on any atom is 0.334 e. The molecule has 1 aliphatic heterocycles. The number of nitrogens with zero attached hydrogens (tertiary/aromatic N) is 2. The lowest BCUT2D eigenvalue weighted by Crippen LogP contribution is -2.52. The van der Waals surface area contributed by atoms with Gasteiger partial charge in [0.2, 0.25) is 0 Å². The average molecular weight is 299 g/mol. The van der Waals surface area contributed by atoms with Crippen LogP contribution in [0.5, 0.6) is 0 Å². The van der Waals surface area contributed by atoms with E-state index in [2.05, 4.69) is 17.3 Å². The minimum absolute atomic E-state index is 0.111. The summed E-state index contributed by atoms with van der Waals surface area (Å²) < 4.78 is 5.10. The molecular weight excluding hydrogens is 274 g/mol. The Hall–Kier alpha value is -1.34. The van der Waals surface area contributed by atoms with Crippen LogP contribution in [0.3, 0.4) is 0 Å². The van der Waals surface area contributed by atoms with Crippen LogP contribution in [0.25, 0.3) is 0 Å². The number of likely N-dealkylation sites (N-methyl/N-ethyl adjacent to an activating group) is 1. The molecule has 7 nitrogen and oxygen atoms in total. The zero-order chi connectivity index (χ0) is 15.2. The number of carboxylic acids is 1. The fourth-order valence-corrected chi connectivity index (χ4v) is 2.96. The third-order valence-corrected chi connectivity index (χ3v) is 4.32. The van der Waals surface area contributed by atoms with Gasteiger partial charge in [0, 0.05) is 25.7 Å². The molecule has 2 aliphatic rings. The van der Waals surface area contributed by atoms with Crippen LogP contribution in [0.2, 0.25) is 0 Å². The molecule has 120 valence electrons. The summed E-state index contributed by atoms with van der Waals surface area (Å²) >= 11 is 0. The average Bonchev–Trinajstić information content (AvgIpc) is 3.01. The van der Waals surface area contributed by atoms with Gasteiger partial charge >= 0.3 is 12.0 Å². The number of rotatable bonds is 5. The fraction of sp³-hybridized carbons (Fsp3) is 0.857. The van der Waals surface area contributed by atoms with Crippen molar-refractivity contribution in [2.75, 3.05) is 39.8 Å². The number of ether oxygens (including phenoxy) is 1. The zero-order valence-corrected chi connectivity index (χ0v) is 12.6. The highest BCUT2D eigenvalue weighted by Crippen LogP contribution is 2.21. The Labute approximate surface area is 125 Å². The van der Waals surface area contributed by atoms with E-state index in [1.165, 1.54) is 30.6 Å². The summed E-state index contributed by atoms with van der Waals surface area (Å²) in [5.41, 5.74) is 0. The van der Waals surface area contributed by atoms with Crippen molar-refractivity contribution >= 4 is 12.0 Å². The topological polar surface area (TPSA) is 82.1 Å². The molecule has 2 rings (SSSR count). The van der Waals surface area contributed by atoms with E-state index >= 15 is 0 Å². The van der Waals surface area contributed by atoms with Gasteiger partial charge in [0.1, 0.15) is 0 Å². The SMILES string of the molecule is CN(CCNC(=O)N1CCOC(C(=O)O)C1)C1CCCC1. The summed E-state index contributed by atoms with van der Waals surface area (Å²) in [4.78, 5) is 26.7. The summed E-state index contributed by atoms with van der Waals surface area (Å²) in [7, 11) is 2.09. The lowest BCUT2D eigenvalue weighted by molar-refractivity contribution is -0.154. The molecule has 2 fully saturated rings. The van der Waals surface area contributed by atoms with Crippen LogP contribution >= 0.6 is 0 Å². The van der Waals surface area contributed by atoms with Crippen molar-refractivity contribution in [3.63, 3.8) is 0 Å². The van der Waals surface area contributed by atoms with Crippen LogP contribution in [0, 0.1) is 0 Å². The van der Waals surface area contributed by atoms with E-state index < -0.39 is 12.1 Å². The Morgan fingerprint density at radius 2 is 2.10 bits per heavy atom. The lowest BCUT2D eigenvalue weighted by atomic mass is 10.2. The van der Waals surface area contributed by atoms with Gasteiger partial charge in [-0.15, -0.1) is 0 Å². The van der Waals surface area contributed by atoms with Crippen LogP contribution in [-0.2, 0) is 9.53 Å². The first-order chi connectivity index (χ1) is 10.1. The smallest absolute Gasteiger partial charge is 0.334 e. The van der Waals surface area contributed by atoms with Crippen molar-refractivity contribution in [2.45, 2.75) is 37.8 Å². The number of carboxylic acid groups (broad SMARTS) is 1. The van der Waals surface area contributed by atoms with Crippen LogP contribution in [0.4, 0.5) is 4.79 Å². The second-order valence-corrected chi connectivity index (χ2v) is 5.79. The largest absolute Gasteiger partial charge is 0.479 e. The minimum Gasteiger partial charge on any atom is -0.479 e. The molecule has 21 heavy (non-hydrogen) atoms. The molecule has 0 bridgehead atoms. The molecule has 0 spiro atoms. The summed E-state index contributed by atoms with van der Waals surface area (Å²) in [5, 5.41) is 11.8. The van der Waals surface area contributed by atoms with E-state index in [0.717, 1.165) is 6.54 Å². The van der Waals surface area contributed by atoms with Gasteiger partial charge in [-0.1, -0.05) is 12.8 Å². The first-order valence-corrected chi connectivity index (χ1v) is 7.65. The molecule has 0 aromatic carbocycles. The van der Waals surface area contributed by atoms with E-state index in [1.54, 1.807) is 0 Å². The molecule has 1 saturated carbocycles. The normalized spacial score (nSPS) is 23.5. The highest BCUT2D eigenvalue weighted by Gasteiger charge is 2.28. The molecule has 2 amide bonds. The van der Waals surface area contributed by atoms with Crippen molar-refractivity contribution in [3.05, 3.63) is 0 Å². The maximum atomic E-state index is 12.0. The zero-order valence-electron chi connectivity index (χ0n) is 12.6. The van der Waals surface area contributed by atoms with Crippen molar-refractivity contribution in [2.24, 2.45) is 0 Å². The van der Waals surface area contributed by atoms with Crippen LogP contribution < -0.4 is 5.32 Å². The highest BCUT2D eigenvalue weighted by molar-refractivity contribution is 5.77.